The second-order valence-electron chi connectivity index (χ2n) is 13.4. The summed E-state index contributed by atoms with van der Waals surface area (Å²) >= 11 is 0. The lowest BCUT2D eigenvalue weighted by molar-refractivity contribution is -0.245. The highest BCUT2D eigenvalue weighted by molar-refractivity contribution is 5.85. The van der Waals surface area contributed by atoms with Gasteiger partial charge in [-0.3, -0.25) is 4.79 Å². The number of nitrogens with one attached hydrogen (secondary N) is 1. The van der Waals surface area contributed by atoms with Gasteiger partial charge in [0.25, 0.3) is 0 Å². The summed E-state index contributed by atoms with van der Waals surface area (Å²) in [4.78, 5) is 24.1. The molecule has 10 heteroatoms. The maximum atomic E-state index is 12.4. The highest BCUT2D eigenvalue weighted by Crippen LogP contribution is 2.70. The lowest BCUT2D eigenvalue weighted by Gasteiger charge is -2.65. The predicted molar refractivity (Wildman–Crippen MR) is 151 cm³/mol. The number of hydrogen-bond donors (Lipinski definition) is 4. The molecule has 9 atom stereocenters. The van der Waals surface area contributed by atoms with Crippen molar-refractivity contribution in [2.24, 2.45) is 40.2 Å². The van der Waals surface area contributed by atoms with Crippen molar-refractivity contribution in [1.82, 2.24) is 5.32 Å². The first-order valence-electron chi connectivity index (χ1n) is 15.6. The van der Waals surface area contributed by atoms with Crippen molar-refractivity contribution in [2.45, 2.75) is 83.0 Å². The van der Waals surface area contributed by atoms with Crippen LogP contribution >= 0.6 is 0 Å². The van der Waals surface area contributed by atoms with Crippen LogP contribution in [0.15, 0.2) is 11.6 Å². The fraction of sp³-hybridized carbons (Fsp3) is 0.871. The van der Waals surface area contributed by atoms with Gasteiger partial charge in [0.05, 0.1) is 44.2 Å². The van der Waals surface area contributed by atoms with Crippen LogP contribution in [0, 0.1) is 34.5 Å². The number of esters is 1. The summed E-state index contributed by atoms with van der Waals surface area (Å²) in [6, 6.07) is 0. The van der Waals surface area contributed by atoms with E-state index in [0.29, 0.717) is 58.3 Å². The van der Waals surface area contributed by atoms with E-state index in [1.807, 2.05) is 6.92 Å². The van der Waals surface area contributed by atoms with Gasteiger partial charge in [0, 0.05) is 24.6 Å². The first kappa shape index (κ1) is 30.9. The normalized spacial score (nSPS) is 41.7. The molecule has 0 aromatic heterocycles. The molecule has 5 rings (SSSR count). The number of carbonyl (C=O) groups is 2. The molecule has 4 fully saturated rings. The van der Waals surface area contributed by atoms with Crippen molar-refractivity contribution in [3.05, 3.63) is 11.6 Å². The Morgan fingerprint density at radius 1 is 1.07 bits per heavy atom. The predicted octanol–water partition coefficient (Wildman–Crippen LogP) is 1.71. The highest BCUT2D eigenvalue weighted by atomic mass is 16.5. The topological polar surface area (TPSA) is 150 Å². The van der Waals surface area contributed by atoms with Crippen LogP contribution in [0.2, 0.25) is 0 Å². The Bertz CT molecular complexity index is 991. The van der Waals surface area contributed by atoms with E-state index in [0.717, 1.165) is 44.1 Å². The summed E-state index contributed by atoms with van der Waals surface area (Å²) in [6.45, 7) is 7.54. The van der Waals surface area contributed by atoms with Crippen LogP contribution in [-0.2, 0) is 28.5 Å². The first-order valence-corrected chi connectivity index (χ1v) is 15.6. The molecule has 0 bridgehead atoms. The minimum atomic E-state index is -0.965. The number of cyclic esters (lactones) is 1. The van der Waals surface area contributed by atoms with Gasteiger partial charge in [0.2, 0.25) is 5.91 Å². The Labute approximate surface area is 243 Å². The van der Waals surface area contributed by atoms with Crippen molar-refractivity contribution in [1.29, 1.82) is 0 Å². The van der Waals surface area contributed by atoms with E-state index in [-0.39, 0.29) is 54.4 Å². The molecule has 41 heavy (non-hydrogen) atoms. The Hall–Kier alpha value is -1.56. The van der Waals surface area contributed by atoms with Crippen LogP contribution in [0.1, 0.15) is 65.2 Å². The number of aliphatic hydroxyl groups excluding tert-OH is 1. The smallest absolute Gasteiger partial charge is 0.331 e. The van der Waals surface area contributed by atoms with E-state index < -0.39 is 17.1 Å². The van der Waals surface area contributed by atoms with Gasteiger partial charge in [0.15, 0.2) is 0 Å². The molecule has 0 aromatic carbocycles. The largest absolute Gasteiger partial charge is 0.458 e. The number of rotatable bonds is 12. The van der Waals surface area contributed by atoms with E-state index in [1.165, 1.54) is 0 Å². The van der Waals surface area contributed by atoms with Crippen LogP contribution < -0.4 is 11.1 Å². The van der Waals surface area contributed by atoms with Crippen LogP contribution in [0.5, 0.6) is 0 Å². The average molecular weight is 579 g/mol. The molecule has 232 valence electrons. The van der Waals surface area contributed by atoms with Gasteiger partial charge in [0.1, 0.15) is 13.2 Å². The molecule has 0 radical (unpaired) electrons. The van der Waals surface area contributed by atoms with E-state index in [2.05, 4.69) is 12.2 Å². The van der Waals surface area contributed by atoms with Crippen LogP contribution in [-0.4, -0.2) is 92.6 Å². The Kier molecular flexibility index (Phi) is 9.48. The zero-order valence-corrected chi connectivity index (χ0v) is 24.8. The molecular weight excluding hydrogens is 528 g/mol. The lowest BCUT2D eigenvalue weighted by atomic mass is 9.42. The monoisotopic (exact) mass is 578 g/mol. The second-order valence-corrected chi connectivity index (χ2v) is 13.4. The third-order valence-corrected chi connectivity index (χ3v) is 11.7. The summed E-state index contributed by atoms with van der Waals surface area (Å²) in [5, 5.41) is 26.9. The quantitative estimate of drug-likeness (QED) is 0.201. The standard InChI is InChI=1S/C31H50N2O8/c1-29-7-5-22(40-19-27(35)33-10-12-39-14-13-38-11-9-32)16-21(29)3-4-24-25(29)17-26(34)30(2)23(6-8-31(24,30)37)20-15-28(36)41-18-20/h15,21-26,34,37H,3-14,16-19,32H2,1-2H3,(H,33,35)/t21?,22?,23?,24?,25-,26?,29?,30-,31?/m0/s1. The molecule has 5 aliphatic rings. The number of nitrogens with two attached hydrogens (primary N) is 1. The molecule has 0 spiro atoms. The highest BCUT2D eigenvalue weighted by Gasteiger charge is 2.70. The van der Waals surface area contributed by atoms with Gasteiger partial charge in [-0.25, -0.2) is 4.79 Å². The summed E-state index contributed by atoms with van der Waals surface area (Å²) < 4.78 is 22.0. The van der Waals surface area contributed by atoms with Crippen LogP contribution in [0.25, 0.3) is 0 Å². The average Bonchev–Trinajstić information content (AvgIpc) is 3.50. The third kappa shape index (κ3) is 5.72. The first-order chi connectivity index (χ1) is 19.6. The van der Waals surface area contributed by atoms with Gasteiger partial charge in [-0.1, -0.05) is 13.8 Å². The van der Waals surface area contributed by atoms with Crippen LogP contribution in [0.4, 0.5) is 0 Å². The summed E-state index contributed by atoms with van der Waals surface area (Å²) in [5.74, 6) is 0.286. The maximum absolute atomic E-state index is 12.4. The molecule has 1 amide bonds. The fourth-order valence-electron chi connectivity index (χ4n) is 9.41. The SMILES string of the molecule is CC12CCC(OCC(=O)NCCOCCOCCN)CC1CCC1[C@@H]2CC(O)[C@]2(C)C(C3=CC(=O)OC3)CCC12O. The molecular formula is C31H50N2O8. The van der Waals surface area contributed by atoms with E-state index in [1.54, 1.807) is 6.08 Å². The van der Waals surface area contributed by atoms with Gasteiger partial charge in [-0.2, -0.15) is 0 Å². The Morgan fingerprint density at radius 2 is 1.85 bits per heavy atom. The van der Waals surface area contributed by atoms with Gasteiger partial charge < -0.3 is 40.2 Å². The number of ether oxygens (including phenoxy) is 4. The van der Waals surface area contributed by atoms with Crippen molar-refractivity contribution >= 4 is 11.9 Å². The van der Waals surface area contributed by atoms with E-state index in [9.17, 15) is 19.8 Å². The number of carbonyl (C=O) groups excluding carboxylic acids is 2. The minimum absolute atomic E-state index is 0.0120. The zero-order chi connectivity index (χ0) is 29.3. The van der Waals surface area contributed by atoms with Crippen molar-refractivity contribution in [2.75, 3.05) is 52.7 Å². The molecule has 1 heterocycles. The summed E-state index contributed by atoms with van der Waals surface area (Å²) in [7, 11) is 0. The fourth-order valence-corrected chi connectivity index (χ4v) is 9.41. The molecule has 10 nitrogen and oxygen atoms in total. The van der Waals surface area contributed by atoms with E-state index in [4.69, 9.17) is 24.7 Å². The van der Waals surface area contributed by atoms with Gasteiger partial charge >= 0.3 is 5.97 Å². The molecule has 0 saturated heterocycles. The van der Waals surface area contributed by atoms with Gasteiger partial charge in [-0.15, -0.1) is 0 Å². The molecule has 7 unspecified atom stereocenters. The van der Waals surface area contributed by atoms with Gasteiger partial charge in [-0.05, 0) is 86.0 Å². The lowest BCUT2D eigenvalue weighted by Crippen LogP contribution is -2.67. The minimum Gasteiger partial charge on any atom is -0.458 e. The van der Waals surface area contributed by atoms with Crippen molar-refractivity contribution in [3.63, 3.8) is 0 Å². The zero-order valence-electron chi connectivity index (χ0n) is 24.8. The second kappa shape index (κ2) is 12.6. The molecule has 0 aromatic rings. The van der Waals surface area contributed by atoms with Crippen molar-refractivity contribution < 1.29 is 38.7 Å². The number of fused-ring (bicyclic) bond motifs is 5. The maximum Gasteiger partial charge on any atom is 0.331 e. The number of amides is 1. The Balaban J connectivity index is 1.13. The molecule has 5 N–H and O–H groups in total. The Morgan fingerprint density at radius 3 is 2.59 bits per heavy atom. The molecule has 4 aliphatic carbocycles. The number of hydrogen-bond acceptors (Lipinski definition) is 9. The number of aliphatic hydroxyl groups is 2. The summed E-state index contributed by atoms with van der Waals surface area (Å²) in [5.41, 5.74) is 4.66. The van der Waals surface area contributed by atoms with E-state index >= 15 is 0 Å². The third-order valence-electron chi connectivity index (χ3n) is 11.7. The van der Waals surface area contributed by atoms with Crippen LogP contribution in [0.3, 0.4) is 0 Å². The molecule has 1 aliphatic heterocycles. The molecule has 4 saturated carbocycles. The summed E-state index contributed by atoms with van der Waals surface area (Å²) in [6.07, 6.45) is 7.73. The van der Waals surface area contributed by atoms with Crippen molar-refractivity contribution in [3.8, 4) is 0 Å².